The molecule has 0 fully saturated rings. The lowest BCUT2D eigenvalue weighted by Gasteiger charge is -2.23. The molecule has 0 aliphatic heterocycles. The molecule has 3 nitrogen and oxygen atoms in total. The predicted octanol–water partition coefficient (Wildman–Crippen LogP) is 4.76. The third-order valence-corrected chi connectivity index (χ3v) is 4.37. The van der Waals surface area contributed by atoms with Crippen LogP contribution >= 0.6 is 0 Å². The number of hydrogen-bond donors (Lipinski definition) is 0. The summed E-state index contributed by atoms with van der Waals surface area (Å²) in [6.45, 7) is 0. The second-order valence-corrected chi connectivity index (χ2v) is 6.07. The molecule has 0 atom stereocenters. The fraction of sp³-hybridized carbons (Fsp3) is 0.0435. The maximum Gasteiger partial charge on any atom is 0.228 e. The molecule has 1 aliphatic carbocycles. The van der Waals surface area contributed by atoms with Crippen LogP contribution < -0.4 is 0 Å². The molecule has 0 spiro atoms. The van der Waals surface area contributed by atoms with E-state index >= 15 is 0 Å². The summed E-state index contributed by atoms with van der Waals surface area (Å²) in [4.78, 5) is 25.2. The molecule has 0 radical (unpaired) electrons. The molecule has 126 valence electrons. The molecule has 3 aromatic carbocycles. The van der Waals surface area contributed by atoms with Gasteiger partial charge in [0.05, 0.1) is 0 Å². The van der Waals surface area contributed by atoms with Gasteiger partial charge in [-0.25, -0.2) is 0 Å². The van der Waals surface area contributed by atoms with Gasteiger partial charge in [-0.05, 0) is 11.1 Å². The Morgan fingerprint density at radius 1 is 0.615 bits per heavy atom. The molecule has 3 aromatic rings. The van der Waals surface area contributed by atoms with Crippen LogP contribution in [-0.2, 0) is 4.74 Å². The monoisotopic (exact) mass is 340 g/mol. The first-order valence-electron chi connectivity index (χ1n) is 8.40. The molecular formula is C23H16O3. The van der Waals surface area contributed by atoms with Crippen LogP contribution in [0.5, 0.6) is 0 Å². The lowest BCUT2D eigenvalue weighted by molar-refractivity contribution is 0.0814. The highest BCUT2D eigenvalue weighted by Gasteiger charge is 2.29. The quantitative estimate of drug-likeness (QED) is 0.688. The highest BCUT2D eigenvalue weighted by atomic mass is 16.5. The predicted molar refractivity (Wildman–Crippen MR) is 99.0 cm³/mol. The Morgan fingerprint density at radius 2 is 1.12 bits per heavy atom. The molecule has 0 aromatic heterocycles. The van der Waals surface area contributed by atoms with E-state index in [2.05, 4.69) is 0 Å². The molecule has 1 aliphatic rings. The van der Waals surface area contributed by atoms with Crippen LogP contribution in [0.25, 0.3) is 0 Å². The number of carbonyl (C=O) groups is 2. The number of rotatable bonds is 4. The Bertz CT molecular complexity index is 949. The molecule has 0 saturated heterocycles. The van der Waals surface area contributed by atoms with Crippen molar-refractivity contribution >= 4 is 11.6 Å². The first-order chi connectivity index (χ1) is 12.7. The summed E-state index contributed by atoms with van der Waals surface area (Å²) >= 11 is 0. The fourth-order valence-electron chi connectivity index (χ4n) is 3.09. The largest absolute Gasteiger partial charge is 0.477 e. The summed E-state index contributed by atoms with van der Waals surface area (Å²) in [5.41, 5.74) is 2.63. The highest BCUT2D eigenvalue weighted by molar-refractivity contribution is 6.23. The summed E-state index contributed by atoms with van der Waals surface area (Å²) in [7, 11) is 0. The minimum atomic E-state index is -0.467. The molecule has 0 bridgehead atoms. The van der Waals surface area contributed by atoms with Gasteiger partial charge in [0.1, 0.15) is 6.10 Å². The first kappa shape index (κ1) is 16.0. The molecule has 0 N–H and O–H groups in total. The molecule has 26 heavy (non-hydrogen) atoms. The van der Waals surface area contributed by atoms with E-state index in [1.165, 1.54) is 6.08 Å². The molecule has 0 amide bonds. The number of fused-ring (bicyclic) bond motifs is 1. The smallest absolute Gasteiger partial charge is 0.228 e. The van der Waals surface area contributed by atoms with Crippen LogP contribution in [0.3, 0.4) is 0 Å². The average molecular weight is 340 g/mol. The highest BCUT2D eigenvalue weighted by Crippen LogP contribution is 2.31. The van der Waals surface area contributed by atoms with Gasteiger partial charge >= 0.3 is 0 Å². The van der Waals surface area contributed by atoms with Gasteiger partial charge in [-0.3, -0.25) is 9.59 Å². The summed E-state index contributed by atoms with van der Waals surface area (Å²) < 4.78 is 6.09. The summed E-state index contributed by atoms with van der Waals surface area (Å²) in [6.07, 6.45) is 0.828. The SMILES string of the molecule is O=C1C=C(OC(c2ccccc2)c2ccccc2)C(=O)c2ccccc21. The van der Waals surface area contributed by atoms with Gasteiger partial charge in [0, 0.05) is 17.2 Å². The summed E-state index contributed by atoms with van der Waals surface area (Å²) in [6, 6.07) is 26.1. The zero-order valence-electron chi connectivity index (χ0n) is 14.0. The number of benzene rings is 3. The van der Waals surface area contributed by atoms with E-state index in [9.17, 15) is 9.59 Å². The second kappa shape index (κ2) is 6.81. The molecular weight excluding hydrogens is 324 g/mol. The van der Waals surface area contributed by atoms with E-state index in [1.54, 1.807) is 24.3 Å². The van der Waals surface area contributed by atoms with Crippen molar-refractivity contribution in [2.24, 2.45) is 0 Å². The first-order valence-corrected chi connectivity index (χ1v) is 8.40. The Hall–Kier alpha value is -3.46. The number of carbonyl (C=O) groups excluding carboxylic acids is 2. The Kier molecular flexibility index (Phi) is 4.20. The van der Waals surface area contributed by atoms with Crippen LogP contribution in [0.15, 0.2) is 96.8 Å². The zero-order chi connectivity index (χ0) is 17.9. The van der Waals surface area contributed by atoms with E-state index in [1.807, 2.05) is 60.7 Å². The van der Waals surface area contributed by atoms with Crippen molar-refractivity contribution in [2.45, 2.75) is 6.10 Å². The second-order valence-electron chi connectivity index (χ2n) is 6.07. The Labute approximate surface area is 151 Å². The lowest BCUT2D eigenvalue weighted by Crippen LogP contribution is -2.20. The fourth-order valence-corrected chi connectivity index (χ4v) is 3.09. The zero-order valence-corrected chi connectivity index (χ0v) is 14.0. The summed E-state index contributed by atoms with van der Waals surface area (Å²) in [5.74, 6) is -0.404. The van der Waals surface area contributed by atoms with Gasteiger partial charge in [0.25, 0.3) is 0 Å². The Balaban J connectivity index is 1.73. The minimum Gasteiger partial charge on any atom is -0.477 e. The van der Waals surface area contributed by atoms with Crippen LogP contribution in [0.2, 0.25) is 0 Å². The number of ether oxygens (including phenoxy) is 1. The number of Topliss-reactive ketones (excluding diaryl/α,β-unsaturated/α-hetero) is 1. The molecule has 3 heteroatoms. The van der Waals surface area contributed by atoms with E-state index < -0.39 is 6.10 Å². The van der Waals surface area contributed by atoms with Crippen molar-refractivity contribution in [3.05, 3.63) is 119 Å². The van der Waals surface area contributed by atoms with Crippen LogP contribution in [0.1, 0.15) is 37.9 Å². The van der Waals surface area contributed by atoms with E-state index in [0.29, 0.717) is 11.1 Å². The molecule has 4 rings (SSSR count). The number of allylic oxidation sites excluding steroid dienone is 2. The van der Waals surface area contributed by atoms with E-state index in [0.717, 1.165) is 11.1 Å². The van der Waals surface area contributed by atoms with Crippen LogP contribution in [0, 0.1) is 0 Å². The third kappa shape index (κ3) is 2.95. The molecule has 0 heterocycles. The normalized spacial score (nSPS) is 13.3. The van der Waals surface area contributed by atoms with E-state index in [4.69, 9.17) is 4.74 Å². The molecule has 0 unspecified atom stereocenters. The van der Waals surface area contributed by atoms with Crippen molar-refractivity contribution in [3.8, 4) is 0 Å². The van der Waals surface area contributed by atoms with Gasteiger partial charge in [0.15, 0.2) is 11.5 Å². The number of hydrogen-bond acceptors (Lipinski definition) is 3. The van der Waals surface area contributed by atoms with Gasteiger partial charge < -0.3 is 4.74 Å². The maximum absolute atomic E-state index is 12.8. The number of ketones is 2. The van der Waals surface area contributed by atoms with Crippen molar-refractivity contribution in [2.75, 3.05) is 0 Å². The lowest BCUT2D eigenvalue weighted by atomic mass is 9.93. The van der Waals surface area contributed by atoms with Gasteiger partial charge in [-0.2, -0.15) is 0 Å². The van der Waals surface area contributed by atoms with Gasteiger partial charge in [0.2, 0.25) is 5.78 Å². The standard InChI is InChI=1S/C23H16O3/c24-20-15-21(22(25)19-14-8-7-13-18(19)20)26-23(16-9-3-1-4-10-16)17-11-5-2-6-12-17/h1-15,23H. The van der Waals surface area contributed by atoms with E-state index in [-0.39, 0.29) is 17.3 Å². The minimum absolute atomic E-state index is 0.0754. The van der Waals surface area contributed by atoms with Gasteiger partial charge in [-0.1, -0.05) is 84.9 Å². The van der Waals surface area contributed by atoms with Crippen molar-refractivity contribution in [1.82, 2.24) is 0 Å². The topological polar surface area (TPSA) is 43.4 Å². The van der Waals surface area contributed by atoms with Gasteiger partial charge in [-0.15, -0.1) is 0 Å². The third-order valence-electron chi connectivity index (χ3n) is 4.37. The van der Waals surface area contributed by atoms with Crippen molar-refractivity contribution in [1.29, 1.82) is 0 Å². The van der Waals surface area contributed by atoms with Crippen LogP contribution in [-0.4, -0.2) is 11.6 Å². The summed E-state index contributed by atoms with van der Waals surface area (Å²) in [5, 5.41) is 0. The van der Waals surface area contributed by atoms with Crippen LogP contribution in [0.4, 0.5) is 0 Å². The molecule has 0 saturated carbocycles. The average Bonchev–Trinajstić information content (AvgIpc) is 2.71. The van der Waals surface area contributed by atoms with Crippen molar-refractivity contribution < 1.29 is 14.3 Å². The Morgan fingerprint density at radius 3 is 1.69 bits per heavy atom. The van der Waals surface area contributed by atoms with Crippen molar-refractivity contribution in [3.63, 3.8) is 0 Å². The maximum atomic E-state index is 12.8.